The van der Waals surface area contributed by atoms with E-state index in [0.29, 0.717) is 49.9 Å². The van der Waals surface area contributed by atoms with E-state index in [9.17, 15) is 23.2 Å². The van der Waals surface area contributed by atoms with Gasteiger partial charge in [0.1, 0.15) is 18.3 Å². The molecule has 1 aliphatic rings. The van der Waals surface area contributed by atoms with E-state index in [1.165, 1.54) is 16.9 Å². The third-order valence-corrected chi connectivity index (χ3v) is 5.51. The highest BCUT2D eigenvalue weighted by Crippen LogP contribution is 2.21. The van der Waals surface area contributed by atoms with Gasteiger partial charge >= 0.3 is 6.09 Å². The highest BCUT2D eigenvalue weighted by atomic mass is 19.3. The van der Waals surface area contributed by atoms with E-state index in [1.54, 1.807) is 37.5 Å². The van der Waals surface area contributed by atoms with Gasteiger partial charge in [-0.15, -0.1) is 0 Å². The molecule has 3 rings (SSSR count). The summed E-state index contributed by atoms with van der Waals surface area (Å²) in [5, 5.41) is 10.9. The van der Waals surface area contributed by atoms with Crippen LogP contribution in [0.2, 0.25) is 0 Å². The third-order valence-electron chi connectivity index (χ3n) is 5.51. The van der Waals surface area contributed by atoms with Crippen LogP contribution in [0.5, 0.6) is 0 Å². The fourth-order valence-corrected chi connectivity index (χ4v) is 3.70. The smallest absolute Gasteiger partial charge is 0.409 e. The molecule has 0 saturated carbocycles. The molecule has 0 aliphatic carbocycles. The molecule has 11 nitrogen and oxygen atoms in total. The van der Waals surface area contributed by atoms with E-state index >= 15 is 0 Å². The zero-order valence-electron chi connectivity index (χ0n) is 19.6. The van der Waals surface area contributed by atoms with Gasteiger partial charge in [0.25, 0.3) is 6.43 Å². The van der Waals surface area contributed by atoms with Crippen molar-refractivity contribution in [3.63, 3.8) is 0 Å². The zero-order chi connectivity index (χ0) is 25.0. The number of aryl methyl sites for hydroxylation is 2. The molecule has 186 valence electrons. The first-order valence-corrected chi connectivity index (χ1v) is 11.0. The monoisotopic (exact) mass is 481 g/mol. The van der Waals surface area contributed by atoms with Crippen molar-refractivity contribution < 1.29 is 27.9 Å². The number of nitrogens with one attached hydrogen (secondary N) is 1. The number of hydrogen-bond donors (Lipinski definition) is 1. The Bertz CT molecular complexity index is 1040. The lowest BCUT2D eigenvalue weighted by Crippen LogP contribution is -2.52. The second-order valence-electron chi connectivity index (χ2n) is 8.01. The van der Waals surface area contributed by atoms with Crippen molar-refractivity contribution in [2.24, 2.45) is 0 Å². The summed E-state index contributed by atoms with van der Waals surface area (Å²) in [6, 6.07) is 0.596. The molecule has 3 amide bonds. The van der Waals surface area contributed by atoms with Crippen LogP contribution >= 0.6 is 0 Å². The van der Waals surface area contributed by atoms with Gasteiger partial charge in [0.2, 0.25) is 11.8 Å². The molecule has 0 radical (unpaired) electrons. The lowest BCUT2D eigenvalue weighted by molar-refractivity contribution is -0.136. The number of aromatic nitrogens is 4. The van der Waals surface area contributed by atoms with E-state index in [-0.39, 0.29) is 18.1 Å². The zero-order valence-corrected chi connectivity index (χ0v) is 19.6. The van der Waals surface area contributed by atoms with Crippen LogP contribution in [-0.4, -0.2) is 80.1 Å². The van der Waals surface area contributed by atoms with Gasteiger partial charge in [-0.2, -0.15) is 10.2 Å². The minimum atomic E-state index is -2.75. The summed E-state index contributed by atoms with van der Waals surface area (Å²) in [6.07, 6.45) is -1.60. The molecule has 2 aromatic rings. The van der Waals surface area contributed by atoms with Crippen LogP contribution in [0, 0.1) is 13.8 Å². The van der Waals surface area contributed by atoms with Crippen molar-refractivity contribution in [1.82, 2.24) is 29.4 Å². The van der Waals surface area contributed by atoms with Gasteiger partial charge in [-0.05, 0) is 33.8 Å². The van der Waals surface area contributed by atoms with E-state index < -0.39 is 24.5 Å². The topological polar surface area (TPSA) is 115 Å². The van der Waals surface area contributed by atoms with Gasteiger partial charge in [-0.3, -0.25) is 19.0 Å². The first-order valence-electron chi connectivity index (χ1n) is 11.0. The second-order valence-corrected chi connectivity index (χ2v) is 8.01. The number of alkyl halides is 2. The minimum Gasteiger partial charge on any atom is -0.450 e. The van der Waals surface area contributed by atoms with Gasteiger partial charge in [0.15, 0.2) is 0 Å². The standard InChI is InChI=1S/C21H29F2N7O4/c1-5-34-21(33)28-8-6-27(7-9-28)20(32)15(4)29-11-16(14(3)26-29)24-18(31)12-30-17(19(22)23)10-13(2)25-30/h10-11,15,19H,5-9,12H2,1-4H3,(H,24,31). The van der Waals surface area contributed by atoms with Gasteiger partial charge in [0.05, 0.1) is 23.7 Å². The van der Waals surface area contributed by atoms with Gasteiger partial charge in [0, 0.05) is 32.4 Å². The molecule has 0 spiro atoms. The molecule has 1 atom stereocenters. The lowest BCUT2D eigenvalue weighted by Gasteiger charge is -2.35. The Labute approximate surface area is 195 Å². The summed E-state index contributed by atoms with van der Waals surface area (Å²) in [5.74, 6) is -0.709. The molecule has 34 heavy (non-hydrogen) atoms. The predicted octanol–water partition coefficient (Wildman–Crippen LogP) is 2.13. The number of carbonyl (C=O) groups is 3. The van der Waals surface area contributed by atoms with Crippen molar-refractivity contribution >= 4 is 23.6 Å². The van der Waals surface area contributed by atoms with Crippen LogP contribution in [0.4, 0.5) is 19.3 Å². The van der Waals surface area contributed by atoms with Gasteiger partial charge in [-0.25, -0.2) is 13.6 Å². The molecule has 1 N–H and O–H groups in total. The average molecular weight is 482 g/mol. The number of ether oxygens (including phenoxy) is 1. The number of amides is 3. The molecule has 13 heteroatoms. The second kappa shape index (κ2) is 10.6. The highest BCUT2D eigenvalue weighted by molar-refractivity contribution is 5.91. The van der Waals surface area contributed by atoms with Crippen LogP contribution in [0.15, 0.2) is 12.3 Å². The normalized spacial score (nSPS) is 14.9. The molecular weight excluding hydrogens is 452 g/mol. The van der Waals surface area contributed by atoms with E-state index in [0.717, 1.165) is 4.68 Å². The SMILES string of the molecule is CCOC(=O)N1CCN(C(=O)C(C)n2cc(NC(=O)Cn3nc(C)cc3C(F)F)c(C)n2)CC1. The minimum absolute atomic E-state index is 0.169. The molecule has 0 bridgehead atoms. The maximum absolute atomic E-state index is 13.1. The number of halogens is 2. The Hall–Kier alpha value is -3.51. The Morgan fingerprint density at radius 1 is 1.12 bits per heavy atom. The summed E-state index contributed by atoms with van der Waals surface area (Å²) < 4.78 is 33.7. The van der Waals surface area contributed by atoms with Crippen molar-refractivity contribution in [3.05, 3.63) is 29.3 Å². The summed E-state index contributed by atoms with van der Waals surface area (Å²) in [4.78, 5) is 40.4. The van der Waals surface area contributed by atoms with Crippen LogP contribution in [0.1, 0.15) is 43.4 Å². The number of carbonyl (C=O) groups excluding carboxylic acids is 3. The van der Waals surface area contributed by atoms with E-state index in [2.05, 4.69) is 15.5 Å². The number of hydrogen-bond acceptors (Lipinski definition) is 6. The third kappa shape index (κ3) is 5.69. The molecular formula is C21H29F2N7O4. The van der Waals surface area contributed by atoms with Crippen molar-refractivity contribution in [3.8, 4) is 0 Å². The molecule has 1 fully saturated rings. The first kappa shape index (κ1) is 25.1. The molecule has 3 heterocycles. The first-order chi connectivity index (χ1) is 16.1. The van der Waals surface area contributed by atoms with Crippen LogP contribution < -0.4 is 5.32 Å². The Morgan fingerprint density at radius 3 is 2.38 bits per heavy atom. The fraction of sp³-hybridized carbons (Fsp3) is 0.571. The Balaban J connectivity index is 1.60. The summed E-state index contributed by atoms with van der Waals surface area (Å²) in [7, 11) is 0. The fourth-order valence-electron chi connectivity index (χ4n) is 3.70. The number of nitrogens with zero attached hydrogens (tertiary/aromatic N) is 6. The Kier molecular flexibility index (Phi) is 7.84. The molecule has 1 unspecified atom stereocenters. The van der Waals surface area contributed by atoms with Crippen LogP contribution in [-0.2, 0) is 20.9 Å². The maximum Gasteiger partial charge on any atom is 0.409 e. The Morgan fingerprint density at radius 2 is 1.76 bits per heavy atom. The maximum atomic E-state index is 13.1. The molecule has 2 aromatic heterocycles. The van der Waals surface area contributed by atoms with Crippen LogP contribution in [0.25, 0.3) is 0 Å². The van der Waals surface area contributed by atoms with Crippen molar-refractivity contribution in [2.75, 3.05) is 38.1 Å². The van der Waals surface area contributed by atoms with Gasteiger partial charge in [-0.1, -0.05) is 0 Å². The average Bonchev–Trinajstić information content (AvgIpc) is 3.34. The quantitative estimate of drug-likeness (QED) is 0.648. The predicted molar refractivity (Wildman–Crippen MR) is 117 cm³/mol. The van der Waals surface area contributed by atoms with E-state index in [4.69, 9.17) is 4.74 Å². The van der Waals surface area contributed by atoms with Crippen molar-refractivity contribution in [2.45, 2.75) is 46.7 Å². The molecule has 1 aliphatic heterocycles. The largest absolute Gasteiger partial charge is 0.450 e. The van der Waals surface area contributed by atoms with E-state index in [1.807, 2.05) is 0 Å². The number of rotatable bonds is 7. The summed E-state index contributed by atoms with van der Waals surface area (Å²) in [5.41, 5.74) is 0.912. The molecule has 0 aromatic carbocycles. The van der Waals surface area contributed by atoms with Crippen molar-refractivity contribution in [1.29, 1.82) is 0 Å². The lowest BCUT2D eigenvalue weighted by atomic mass is 10.2. The summed E-state index contributed by atoms with van der Waals surface area (Å²) >= 11 is 0. The highest BCUT2D eigenvalue weighted by Gasteiger charge is 2.29. The summed E-state index contributed by atoms with van der Waals surface area (Å²) in [6.45, 7) is 8.10. The molecule has 1 saturated heterocycles. The van der Waals surface area contributed by atoms with Gasteiger partial charge < -0.3 is 19.9 Å². The van der Waals surface area contributed by atoms with Crippen LogP contribution in [0.3, 0.4) is 0 Å². The number of piperazine rings is 1. The number of anilines is 1.